The van der Waals surface area contributed by atoms with Crippen LogP contribution in [0.25, 0.3) is 0 Å². The molecule has 2 amide bonds. The van der Waals surface area contributed by atoms with Gasteiger partial charge < -0.3 is 19.6 Å². The molecule has 1 atom stereocenters. The number of rotatable bonds is 8. The summed E-state index contributed by atoms with van der Waals surface area (Å²) in [6.45, 7) is 3.97. The van der Waals surface area contributed by atoms with Gasteiger partial charge in [-0.1, -0.05) is 12.8 Å². The normalized spacial score (nSPS) is 22.2. The maximum absolute atomic E-state index is 13.1. The summed E-state index contributed by atoms with van der Waals surface area (Å²) < 4.78 is 5.46. The monoisotopic (exact) mass is 368 g/mol. The van der Waals surface area contributed by atoms with Gasteiger partial charge in [-0.15, -0.1) is 0 Å². The Hall–Kier alpha value is -1.63. The zero-order valence-corrected chi connectivity index (χ0v) is 16.0. The molecule has 2 fully saturated rings. The summed E-state index contributed by atoms with van der Waals surface area (Å²) in [6, 6.07) is 0. The van der Waals surface area contributed by atoms with Gasteiger partial charge in [0, 0.05) is 33.4 Å². The number of carbonyl (C=O) groups excluding carboxylic acids is 2. The van der Waals surface area contributed by atoms with E-state index in [9.17, 15) is 19.5 Å². The first-order chi connectivity index (χ1) is 12.4. The molecule has 1 heterocycles. The fraction of sp³-hybridized carbons (Fsp3) is 0.842. The van der Waals surface area contributed by atoms with E-state index >= 15 is 0 Å². The maximum atomic E-state index is 13.1. The Kier molecular flexibility index (Phi) is 7.43. The third-order valence-corrected chi connectivity index (χ3v) is 5.79. The zero-order valence-electron chi connectivity index (χ0n) is 16.0. The molecule has 0 aromatic rings. The van der Waals surface area contributed by atoms with E-state index in [0.717, 1.165) is 25.7 Å². The average Bonchev–Trinajstić information content (AvgIpc) is 3.11. The highest BCUT2D eigenvalue weighted by molar-refractivity contribution is 5.88. The first-order valence-corrected chi connectivity index (χ1v) is 9.73. The van der Waals surface area contributed by atoms with Gasteiger partial charge in [0.25, 0.3) is 0 Å². The molecule has 1 aliphatic heterocycles. The highest BCUT2D eigenvalue weighted by atomic mass is 16.5. The molecule has 1 saturated heterocycles. The first kappa shape index (κ1) is 20.7. The Morgan fingerprint density at radius 2 is 1.92 bits per heavy atom. The van der Waals surface area contributed by atoms with Gasteiger partial charge >= 0.3 is 5.97 Å². The van der Waals surface area contributed by atoms with Gasteiger partial charge in [-0.3, -0.25) is 14.4 Å². The molecule has 0 bridgehead atoms. The molecule has 7 nitrogen and oxygen atoms in total. The molecule has 26 heavy (non-hydrogen) atoms. The summed E-state index contributed by atoms with van der Waals surface area (Å²) in [5.74, 6) is -1.49. The van der Waals surface area contributed by atoms with Crippen LogP contribution in [0.15, 0.2) is 0 Å². The number of amides is 2. The van der Waals surface area contributed by atoms with Crippen LogP contribution in [0.1, 0.15) is 51.9 Å². The van der Waals surface area contributed by atoms with E-state index in [1.807, 2.05) is 6.92 Å². The lowest BCUT2D eigenvalue weighted by molar-refractivity contribution is -0.150. The van der Waals surface area contributed by atoms with Crippen LogP contribution in [0, 0.1) is 11.3 Å². The van der Waals surface area contributed by atoms with Gasteiger partial charge in [-0.2, -0.15) is 0 Å². The Balaban J connectivity index is 1.94. The van der Waals surface area contributed by atoms with Gasteiger partial charge in [0.2, 0.25) is 11.8 Å². The van der Waals surface area contributed by atoms with Crippen LogP contribution in [-0.4, -0.2) is 72.6 Å². The van der Waals surface area contributed by atoms with Crippen molar-refractivity contribution in [1.29, 1.82) is 0 Å². The first-order valence-electron chi connectivity index (χ1n) is 9.73. The number of piperidine rings is 1. The quantitative estimate of drug-likeness (QED) is 0.660. The van der Waals surface area contributed by atoms with Gasteiger partial charge in [0.1, 0.15) is 0 Å². The molecule has 1 aliphatic carbocycles. The molecule has 7 heteroatoms. The molecular formula is C19H32N2O5. The van der Waals surface area contributed by atoms with Crippen molar-refractivity contribution in [2.24, 2.45) is 11.3 Å². The molecule has 1 unspecified atom stereocenters. The minimum Gasteiger partial charge on any atom is -0.481 e. The van der Waals surface area contributed by atoms with Crippen molar-refractivity contribution < 1.29 is 24.2 Å². The molecule has 2 aliphatic rings. The van der Waals surface area contributed by atoms with Crippen molar-refractivity contribution in [2.75, 3.05) is 39.9 Å². The fourth-order valence-corrected chi connectivity index (χ4v) is 4.22. The summed E-state index contributed by atoms with van der Waals surface area (Å²) in [7, 11) is 1.68. The lowest BCUT2D eigenvalue weighted by Gasteiger charge is -2.35. The van der Waals surface area contributed by atoms with Gasteiger partial charge in [0.05, 0.1) is 17.9 Å². The van der Waals surface area contributed by atoms with E-state index in [1.54, 1.807) is 11.9 Å². The number of ether oxygens (including phenoxy) is 1. The Bertz CT molecular complexity index is 516. The maximum Gasteiger partial charge on any atom is 0.308 e. The van der Waals surface area contributed by atoms with E-state index in [4.69, 9.17) is 4.74 Å². The van der Waals surface area contributed by atoms with E-state index in [0.29, 0.717) is 39.0 Å². The number of hydrogen-bond donors (Lipinski definition) is 1. The molecule has 0 aromatic heterocycles. The van der Waals surface area contributed by atoms with Crippen LogP contribution in [0.4, 0.5) is 0 Å². The lowest BCUT2D eigenvalue weighted by atomic mass is 9.81. The predicted octanol–water partition coefficient (Wildman–Crippen LogP) is 1.75. The second-order valence-electron chi connectivity index (χ2n) is 7.61. The van der Waals surface area contributed by atoms with Crippen LogP contribution in [0.5, 0.6) is 0 Å². The molecule has 0 radical (unpaired) electrons. The number of nitrogens with zero attached hydrogens (tertiary/aromatic N) is 2. The molecule has 0 spiro atoms. The Morgan fingerprint density at radius 1 is 1.23 bits per heavy atom. The lowest BCUT2D eigenvalue weighted by Crippen LogP contribution is -2.49. The highest BCUT2D eigenvalue weighted by Crippen LogP contribution is 2.42. The molecule has 2 rings (SSSR count). The Labute approximate surface area is 155 Å². The van der Waals surface area contributed by atoms with Crippen molar-refractivity contribution in [3.8, 4) is 0 Å². The van der Waals surface area contributed by atoms with Crippen LogP contribution in [-0.2, 0) is 19.1 Å². The van der Waals surface area contributed by atoms with Gasteiger partial charge in [0.15, 0.2) is 0 Å². The summed E-state index contributed by atoms with van der Waals surface area (Å²) in [5, 5.41) is 9.17. The minimum atomic E-state index is -0.854. The van der Waals surface area contributed by atoms with E-state index in [-0.39, 0.29) is 24.9 Å². The number of likely N-dealkylation sites (N-methyl/N-ethyl adjacent to an activating group) is 1. The van der Waals surface area contributed by atoms with Gasteiger partial charge in [-0.05, 0) is 39.0 Å². The predicted molar refractivity (Wildman–Crippen MR) is 96.6 cm³/mol. The molecule has 1 saturated carbocycles. The molecule has 0 aromatic carbocycles. The van der Waals surface area contributed by atoms with Crippen molar-refractivity contribution in [3.05, 3.63) is 0 Å². The number of carboxylic acid groups (broad SMARTS) is 1. The zero-order chi connectivity index (χ0) is 19.2. The van der Waals surface area contributed by atoms with Crippen molar-refractivity contribution in [1.82, 2.24) is 9.80 Å². The summed E-state index contributed by atoms with van der Waals surface area (Å²) >= 11 is 0. The third-order valence-electron chi connectivity index (χ3n) is 5.79. The largest absolute Gasteiger partial charge is 0.481 e. The van der Waals surface area contributed by atoms with Crippen LogP contribution in [0.2, 0.25) is 0 Å². The number of aliphatic carboxylic acids is 1. The van der Waals surface area contributed by atoms with Gasteiger partial charge in [-0.25, -0.2) is 0 Å². The van der Waals surface area contributed by atoms with E-state index < -0.39 is 17.3 Å². The minimum absolute atomic E-state index is 0.0154. The summed E-state index contributed by atoms with van der Waals surface area (Å²) in [6.07, 6.45) is 5.76. The van der Waals surface area contributed by atoms with Crippen molar-refractivity contribution in [3.63, 3.8) is 0 Å². The van der Waals surface area contributed by atoms with Crippen LogP contribution >= 0.6 is 0 Å². The number of carbonyl (C=O) groups is 3. The topological polar surface area (TPSA) is 87.2 Å². The molecule has 148 valence electrons. The number of likely N-dealkylation sites (tertiary alicyclic amines) is 1. The third kappa shape index (κ3) is 4.96. The second kappa shape index (κ2) is 9.35. The van der Waals surface area contributed by atoms with Crippen molar-refractivity contribution >= 4 is 17.8 Å². The fourth-order valence-electron chi connectivity index (χ4n) is 4.22. The van der Waals surface area contributed by atoms with E-state index in [1.165, 1.54) is 4.90 Å². The summed E-state index contributed by atoms with van der Waals surface area (Å²) in [5.41, 5.74) is -0.407. The Morgan fingerprint density at radius 3 is 2.54 bits per heavy atom. The van der Waals surface area contributed by atoms with E-state index in [2.05, 4.69) is 0 Å². The molecule has 1 N–H and O–H groups in total. The smallest absolute Gasteiger partial charge is 0.308 e. The van der Waals surface area contributed by atoms with Crippen LogP contribution in [0.3, 0.4) is 0 Å². The summed E-state index contributed by atoms with van der Waals surface area (Å²) in [4.78, 5) is 39.9. The molecular weight excluding hydrogens is 336 g/mol. The second-order valence-corrected chi connectivity index (χ2v) is 7.61. The number of carboxylic acids is 1. The SMILES string of the molecule is CCOCCC1(C(=O)N(C)CC(=O)N2CCCC(C(=O)O)C2)CCCC1. The highest BCUT2D eigenvalue weighted by Gasteiger charge is 2.43. The van der Waals surface area contributed by atoms with Crippen molar-refractivity contribution in [2.45, 2.75) is 51.9 Å². The van der Waals surface area contributed by atoms with Crippen LogP contribution < -0.4 is 0 Å². The standard InChI is InChI=1S/C19H32N2O5/c1-3-26-12-10-19(8-4-5-9-19)18(25)20(2)14-16(22)21-11-6-7-15(13-21)17(23)24/h15H,3-14H2,1-2H3,(H,23,24). The average molecular weight is 368 g/mol. The number of hydrogen-bond acceptors (Lipinski definition) is 4.